The number of nitro benzene ring substituents is 1. The summed E-state index contributed by atoms with van der Waals surface area (Å²) in [5, 5.41) is 11.6. The van der Waals surface area contributed by atoms with Crippen LogP contribution < -0.4 is 9.47 Å². The lowest BCUT2D eigenvalue weighted by Crippen LogP contribution is -2.51. The Morgan fingerprint density at radius 1 is 0.971 bits per heavy atom. The van der Waals surface area contributed by atoms with Gasteiger partial charge in [-0.05, 0) is 24.3 Å². The molecule has 0 unspecified atom stereocenters. The van der Waals surface area contributed by atoms with Crippen LogP contribution in [0.5, 0.6) is 11.5 Å². The third-order valence-corrected chi connectivity index (χ3v) is 7.91. The molecular formula is C22H22N4O7S. The van der Waals surface area contributed by atoms with E-state index in [2.05, 4.69) is 0 Å². The first kappa shape index (κ1) is 22.2. The number of nitrogens with zero attached hydrogens (tertiary/aromatic N) is 4. The van der Waals surface area contributed by atoms with Crippen LogP contribution in [0.3, 0.4) is 0 Å². The van der Waals surface area contributed by atoms with Crippen molar-refractivity contribution in [3.63, 3.8) is 0 Å². The van der Waals surface area contributed by atoms with Crippen molar-refractivity contribution in [3.8, 4) is 11.5 Å². The molecule has 0 spiro atoms. The quantitative estimate of drug-likeness (QED) is 0.398. The number of fused-ring (bicyclic) bond motifs is 2. The SMILES string of the molecule is O=C(Cn1ccc2cc([N+](=O)[O-])ccc21)N1CCN(S(=O)(=O)c2ccc3c(c2)OCCO3)CC1. The van der Waals surface area contributed by atoms with E-state index in [1.165, 1.54) is 28.6 Å². The van der Waals surface area contributed by atoms with E-state index in [0.29, 0.717) is 30.1 Å². The topological polar surface area (TPSA) is 124 Å². The smallest absolute Gasteiger partial charge is 0.270 e. The predicted octanol–water partition coefficient (Wildman–Crippen LogP) is 1.85. The number of hydrogen-bond donors (Lipinski definition) is 0. The van der Waals surface area contributed by atoms with Gasteiger partial charge in [0.25, 0.3) is 5.69 Å². The molecule has 0 radical (unpaired) electrons. The lowest BCUT2D eigenvalue weighted by atomic mass is 10.2. The molecule has 1 saturated heterocycles. The minimum absolute atomic E-state index is 0.00748. The van der Waals surface area contributed by atoms with E-state index >= 15 is 0 Å². The molecule has 12 heteroatoms. The summed E-state index contributed by atoms with van der Waals surface area (Å²) >= 11 is 0. The third kappa shape index (κ3) is 4.05. The molecule has 5 rings (SSSR count). The van der Waals surface area contributed by atoms with Crippen molar-refractivity contribution < 1.29 is 27.6 Å². The largest absolute Gasteiger partial charge is 0.486 e. The second-order valence-electron chi connectivity index (χ2n) is 8.03. The zero-order chi connectivity index (χ0) is 23.9. The molecule has 3 heterocycles. The molecule has 0 bridgehead atoms. The molecule has 1 aromatic heterocycles. The van der Waals surface area contributed by atoms with Crippen molar-refractivity contribution in [2.45, 2.75) is 11.4 Å². The van der Waals surface area contributed by atoms with Crippen LogP contribution in [-0.4, -0.2) is 72.4 Å². The number of nitro groups is 1. The number of hydrogen-bond acceptors (Lipinski definition) is 7. The second-order valence-corrected chi connectivity index (χ2v) is 9.97. The summed E-state index contributed by atoms with van der Waals surface area (Å²) in [6.07, 6.45) is 1.72. The number of amides is 1. The Bertz CT molecular complexity index is 1380. The van der Waals surface area contributed by atoms with Crippen LogP contribution in [0.4, 0.5) is 5.69 Å². The van der Waals surface area contributed by atoms with Gasteiger partial charge in [0, 0.05) is 61.5 Å². The summed E-state index contributed by atoms with van der Waals surface area (Å²) in [4.78, 5) is 25.1. The van der Waals surface area contributed by atoms with Gasteiger partial charge < -0.3 is 18.9 Å². The van der Waals surface area contributed by atoms with E-state index in [9.17, 15) is 23.3 Å². The molecule has 178 valence electrons. The van der Waals surface area contributed by atoms with Crippen molar-refractivity contribution in [2.24, 2.45) is 0 Å². The van der Waals surface area contributed by atoms with Crippen molar-refractivity contribution >= 4 is 32.5 Å². The van der Waals surface area contributed by atoms with Gasteiger partial charge in [-0.1, -0.05) is 0 Å². The molecule has 0 atom stereocenters. The maximum absolute atomic E-state index is 13.1. The zero-order valence-electron chi connectivity index (χ0n) is 18.1. The predicted molar refractivity (Wildman–Crippen MR) is 121 cm³/mol. The number of rotatable bonds is 5. The first-order chi connectivity index (χ1) is 16.3. The van der Waals surface area contributed by atoms with E-state index in [1.807, 2.05) is 0 Å². The van der Waals surface area contributed by atoms with Crippen LogP contribution in [0.25, 0.3) is 10.9 Å². The standard InChI is InChI=1S/C22H22N4O7S/c27-22(15-24-6-5-16-13-17(26(28)29)1-3-19(16)24)23-7-9-25(10-8-23)34(30,31)18-2-4-20-21(14-18)33-12-11-32-20/h1-6,13-14H,7-12,15H2. The highest BCUT2D eigenvalue weighted by Crippen LogP contribution is 2.33. The van der Waals surface area contributed by atoms with E-state index in [4.69, 9.17) is 9.47 Å². The molecule has 11 nitrogen and oxygen atoms in total. The molecule has 0 N–H and O–H groups in total. The average molecular weight is 487 g/mol. The molecule has 3 aromatic rings. The third-order valence-electron chi connectivity index (χ3n) is 6.01. The summed E-state index contributed by atoms with van der Waals surface area (Å²) in [7, 11) is -3.73. The molecule has 1 fully saturated rings. The molecule has 34 heavy (non-hydrogen) atoms. The number of aromatic nitrogens is 1. The fraction of sp³-hybridized carbons (Fsp3) is 0.318. The van der Waals surface area contributed by atoms with Crippen LogP contribution in [0, 0.1) is 10.1 Å². The van der Waals surface area contributed by atoms with Crippen LogP contribution in [0.1, 0.15) is 0 Å². The van der Waals surface area contributed by atoms with Gasteiger partial charge in [0.05, 0.1) is 9.82 Å². The Kier molecular flexibility index (Phi) is 5.62. The van der Waals surface area contributed by atoms with Crippen LogP contribution in [0.15, 0.2) is 53.6 Å². The number of carbonyl (C=O) groups is 1. The Labute approximate surface area is 195 Å². The lowest BCUT2D eigenvalue weighted by Gasteiger charge is -2.34. The normalized spacial score (nSPS) is 16.5. The highest BCUT2D eigenvalue weighted by molar-refractivity contribution is 7.89. The molecule has 0 saturated carbocycles. The number of carbonyl (C=O) groups excluding carboxylic acids is 1. The van der Waals surface area contributed by atoms with Crippen LogP contribution in [-0.2, 0) is 21.4 Å². The van der Waals surface area contributed by atoms with Gasteiger partial charge >= 0.3 is 0 Å². The van der Waals surface area contributed by atoms with Gasteiger partial charge in [-0.15, -0.1) is 0 Å². The van der Waals surface area contributed by atoms with Crippen molar-refractivity contribution in [3.05, 3.63) is 58.8 Å². The summed E-state index contributed by atoms with van der Waals surface area (Å²) < 4.78 is 40.3. The lowest BCUT2D eigenvalue weighted by molar-refractivity contribution is -0.384. The molecule has 1 amide bonds. The van der Waals surface area contributed by atoms with Gasteiger partial charge in [0.15, 0.2) is 11.5 Å². The highest BCUT2D eigenvalue weighted by atomic mass is 32.2. The minimum atomic E-state index is -3.73. The van der Waals surface area contributed by atoms with Gasteiger partial charge in [0.1, 0.15) is 19.8 Å². The number of non-ortho nitro benzene ring substituents is 1. The van der Waals surface area contributed by atoms with Gasteiger partial charge in [0.2, 0.25) is 15.9 Å². The summed E-state index contributed by atoms with van der Waals surface area (Å²) in [6.45, 7) is 1.76. The maximum atomic E-state index is 13.1. The van der Waals surface area contributed by atoms with Crippen molar-refractivity contribution in [1.82, 2.24) is 13.8 Å². The zero-order valence-corrected chi connectivity index (χ0v) is 18.9. The summed E-state index contributed by atoms with van der Waals surface area (Å²) in [5.74, 6) is 0.783. The minimum Gasteiger partial charge on any atom is -0.486 e. The average Bonchev–Trinajstić information content (AvgIpc) is 3.25. The monoisotopic (exact) mass is 486 g/mol. The Hall–Kier alpha value is -3.64. The molecule has 2 aliphatic heterocycles. The number of sulfonamides is 1. The van der Waals surface area contributed by atoms with Crippen LogP contribution >= 0.6 is 0 Å². The Balaban J connectivity index is 1.24. The molecular weight excluding hydrogens is 464 g/mol. The Morgan fingerprint density at radius 3 is 2.44 bits per heavy atom. The van der Waals surface area contributed by atoms with Crippen molar-refractivity contribution in [1.29, 1.82) is 0 Å². The van der Waals surface area contributed by atoms with Crippen LogP contribution in [0.2, 0.25) is 0 Å². The van der Waals surface area contributed by atoms with Gasteiger partial charge in [-0.25, -0.2) is 8.42 Å². The van der Waals surface area contributed by atoms with Crippen molar-refractivity contribution in [2.75, 3.05) is 39.4 Å². The summed E-state index contributed by atoms with van der Waals surface area (Å²) in [6, 6.07) is 10.8. The second kappa shape index (κ2) is 8.61. The molecule has 0 aliphatic carbocycles. The summed E-state index contributed by atoms with van der Waals surface area (Å²) in [5.41, 5.74) is 0.714. The fourth-order valence-corrected chi connectivity index (χ4v) is 5.63. The van der Waals surface area contributed by atoms with E-state index in [-0.39, 0.29) is 49.2 Å². The number of benzene rings is 2. The maximum Gasteiger partial charge on any atom is 0.270 e. The molecule has 2 aromatic carbocycles. The van der Waals surface area contributed by atoms with Gasteiger partial charge in [-0.2, -0.15) is 4.31 Å². The first-order valence-electron chi connectivity index (χ1n) is 10.7. The fourth-order valence-electron chi connectivity index (χ4n) is 4.20. The molecule has 2 aliphatic rings. The van der Waals surface area contributed by atoms with Gasteiger partial charge in [-0.3, -0.25) is 14.9 Å². The Morgan fingerprint density at radius 2 is 1.71 bits per heavy atom. The van der Waals surface area contributed by atoms with E-state index in [0.717, 1.165) is 5.52 Å². The van der Waals surface area contributed by atoms with E-state index in [1.54, 1.807) is 33.9 Å². The first-order valence-corrected chi connectivity index (χ1v) is 12.2. The number of piperazine rings is 1. The van der Waals surface area contributed by atoms with E-state index < -0.39 is 14.9 Å². The highest BCUT2D eigenvalue weighted by Gasteiger charge is 2.31. The number of ether oxygens (including phenoxy) is 2.